The molecule has 0 aromatic carbocycles. The minimum atomic E-state index is -0.826. The Bertz CT molecular complexity index is 536. The number of H-pyrrole nitrogens is 1. The first-order valence-electron chi connectivity index (χ1n) is 4.56. The number of pyridine rings is 1. The molecule has 2 aromatic rings. The number of halogens is 1. The normalized spacial score (nSPS) is 10.4. The first-order chi connectivity index (χ1) is 7.61. The SMILES string of the molecule is Cc1ncc(F)c(C(N)=O)c1-c1ccn[nH]1. The Morgan fingerprint density at radius 2 is 2.31 bits per heavy atom. The Hall–Kier alpha value is -2.24. The van der Waals surface area contributed by atoms with E-state index >= 15 is 0 Å². The van der Waals surface area contributed by atoms with Crippen LogP contribution in [0.25, 0.3) is 11.3 Å². The fourth-order valence-electron chi connectivity index (χ4n) is 1.55. The molecule has 0 saturated carbocycles. The number of nitrogens with zero attached hydrogens (tertiary/aromatic N) is 2. The van der Waals surface area contributed by atoms with Gasteiger partial charge in [-0.2, -0.15) is 5.10 Å². The molecule has 16 heavy (non-hydrogen) atoms. The average molecular weight is 220 g/mol. The molecule has 0 radical (unpaired) electrons. The molecule has 0 aliphatic carbocycles. The fourth-order valence-corrected chi connectivity index (χ4v) is 1.55. The second kappa shape index (κ2) is 3.73. The highest BCUT2D eigenvalue weighted by Gasteiger charge is 2.19. The number of aromatic nitrogens is 3. The van der Waals surface area contributed by atoms with E-state index in [-0.39, 0.29) is 5.56 Å². The van der Waals surface area contributed by atoms with Crippen LogP contribution in [-0.4, -0.2) is 21.1 Å². The van der Waals surface area contributed by atoms with Crippen molar-refractivity contribution in [2.75, 3.05) is 0 Å². The Labute approximate surface area is 90.5 Å². The zero-order chi connectivity index (χ0) is 11.7. The number of aromatic amines is 1. The zero-order valence-corrected chi connectivity index (χ0v) is 8.49. The average Bonchev–Trinajstić information content (AvgIpc) is 2.73. The summed E-state index contributed by atoms with van der Waals surface area (Å²) < 4.78 is 13.5. The van der Waals surface area contributed by atoms with E-state index in [0.717, 1.165) is 6.20 Å². The lowest BCUT2D eigenvalue weighted by Crippen LogP contribution is -2.16. The van der Waals surface area contributed by atoms with E-state index in [1.165, 1.54) is 6.20 Å². The maximum absolute atomic E-state index is 13.5. The lowest BCUT2D eigenvalue weighted by molar-refractivity contribution is 0.0997. The third-order valence-corrected chi connectivity index (χ3v) is 2.24. The van der Waals surface area contributed by atoms with Gasteiger partial charge in [0.1, 0.15) is 0 Å². The summed E-state index contributed by atoms with van der Waals surface area (Å²) in [6.07, 6.45) is 2.49. The van der Waals surface area contributed by atoms with Crippen molar-refractivity contribution in [2.45, 2.75) is 6.92 Å². The molecule has 0 aliphatic heterocycles. The van der Waals surface area contributed by atoms with Gasteiger partial charge in [0.2, 0.25) is 0 Å². The Balaban J connectivity index is 2.76. The van der Waals surface area contributed by atoms with Crippen molar-refractivity contribution in [3.05, 3.63) is 35.5 Å². The van der Waals surface area contributed by atoms with Gasteiger partial charge in [-0.05, 0) is 13.0 Å². The molecular formula is C10H9FN4O. The van der Waals surface area contributed by atoms with Crippen LogP contribution >= 0.6 is 0 Å². The highest BCUT2D eigenvalue weighted by Crippen LogP contribution is 2.25. The summed E-state index contributed by atoms with van der Waals surface area (Å²) in [6.45, 7) is 1.67. The van der Waals surface area contributed by atoms with Crippen LogP contribution in [0.2, 0.25) is 0 Å². The van der Waals surface area contributed by atoms with E-state index in [1.807, 2.05) is 0 Å². The molecule has 2 heterocycles. The molecule has 0 unspecified atom stereocenters. The number of hydrogen-bond donors (Lipinski definition) is 2. The van der Waals surface area contributed by atoms with Gasteiger partial charge in [0.15, 0.2) is 5.82 Å². The van der Waals surface area contributed by atoms with Crippen LogP contribution in [0.4, 0.5) is 4.39 Å². The monoisotopic (exact) mass is 220 g/mol. The molecule has 3 N–H and O–H groups in total. The van der Waals surface area contributed by atoms with E-state index < -0.39 is 11.7 Å². The summed E-state index contributed by atoms with van der Waals surface area (Å²) in [6, 6.07) is 1.62. The van der Waals surface area contributed by atoms with Gasteiger partial charge in [0.25, 0.3) is 5.91 Å². The Kier molecular flexibility index (Phi) is 2.40. The van der Waals surface area contributed by atoms with Crippen molar-refractivity contribution in [2.24, 2.45) is 5.73 Å². The van der Waals surface area contributed by atoms with E-state index in [2.05, 4.69) is 15.2 Å². The standard InChI is InChI=1S/C10H9FN4O/c1-5-8(7-2-3-14-15-7)9(10(12)16)6(11)4-13-5/h2-4H,1H3,(H2,12,16)(H,14,15). The van der Waals surface area contributed by atoms with Gasteiger partial charge in [-0.3, -0.25) is 14.9 Å². The van der Waals surface area contributed by atoms with Crippen molar-refractivity contribution >= 4 is 5.91 Å². The second-order valence-corrected chi connectivity index (χ2v) is 3.28. The van der Waals surface area contributed by atoms with Gasteiger partial charge in [-0.25, -0.2) is 4.39 Å². The summed E-state index contributed by atoms with van der Waals surface area (Å²) in [4.78, 5) is 15.1. The molecule has 1 amide bonds. The lowest BCUT2D eigenvalue weighted by atomic mass is 10.0. The quantitative estimate of drug-likeness (QED) is 0.792. The number of carbonyl (C=O) groups is 1. The minimum absolute atomic E-state index is 0.170. The van der Waals surface area contributed by atoms with Gasteiger partial charge < -0.3 is 5.73 Å². The van der Waals surface area contributed by atoms with E-state index in [9.17, 15) is 9.18 Å². The molecule has 2 rings (SSSR count). The molecule has 0 aliphatic rings. The molecule has 2 aromatic heterocycles. The predicted molar refractivity (Wildman–Crippen MR) is 55.0 cm³/mol. The van der Waals surface area contributed by atoms with Crippen molar-refractivity contribution < 1.29 is 9.18 Å². The molecule has 0 bridgehead atoms. The predicted octanol–water partition coefficient (Wildman–Crippen LogP) is 1.02. The number of nitrogens with two attached hydrogens (primary N) is 1. The maximum atomic E-state index is 13.5. The smallest absolute Gasteiger partial charge is 0.252 e. The first kappa shape index (κ1) is 10.3. The largest absolute Gasteiger partial charge is 0.365 e. The number of hydrogen-bond acceptors (Lipinski definition) is 3. The topological polar surface area (TPSA) is 84.7 Å². The van der Waals surface area contributed by atoms with Crippen LogP contribution in [0.15, 0.2) is 18.5 Å². The third-order valence-electron chi connectivity index (χ3n) is 2.24. The highest BCUT2D eigenvalue weighted by atomic mass is 19.1. The highest BCUT2D eigenvalue weighted by molar-refractivity contribution is 6.00. The zero-order valence-electron chi connectivity index (χ0n) is 8.49. The summed E-state index contributed by atoms with van der Waals surface area (Å²) in [5, 5.41) is 6.39. The van der Waals surface area contributed by atoms with E-state index in [1.54, 1.807) is 13.0 Å². The summed E-state index contributed by atoms with van der Waals surface area (Å²) in [5.74, 6) is -1.56. The Morgan fingerprint density at radius 1 is 1.56 bits per heavy atom. The lowest BCUT2D eigenvalue weighted by Gasteiger charge is -2.08. The fraction of sp³-hybridized carbons (Fsp3) is 0.100. The number of aryl methyl sites for hydroxylation is 1. The molecule has 0 spiro atoms. The first-order valence-corrected chi connectivity index (χ1v) is 4.56. The molecular weight excluding hydrogens is 211 g/mol. The van der Waals surface area contributed by atoms with Crippen molar-refractivity contribution in [3.63, 3.8) is 0 Å². The van der Waals surface area contributed by atoms with Crippen molar-refractivity contribution in [3.8, 4) is 11.3 Å². The number of nitrogens with one attached hydrogen (secondary N) is 1. The summed E-state index contributed by atoms with van der Waals surface area (Å²) in [5.41, 5.74) is 6.36. The number of primary amides is 1. The van der Waals surface area contributed by atoms with Crippen LogP contribution < -0.4 is 5.73 Å². The molecule has 5 nitrogen and oxygen atoms in total. The van der Waals surface area contributed by atoms with Crippen molar-refractivity contribution in [1.29, 1.82) is 0 Å². The number of amides is 1. The minimum Gasteiger partial charge on any atom is -0.365 e. The molecule has 6 heteroatoms. The summed E-state index contributed by atoms with van der Waals surface area (Å²) in [7, 11) is 0. The van der Waals surface area contributed by atoms with Crippen LogP contribution in [0.5, 0.6) is 0 Å². The summed E-state index contributed by atoms with van der Waals surface area (Å²) >= 11 is 0. The van der Waals surface area contributed by atoms with Gasteiger partial charge >= 0.3 is 0 Å². The van der Waals surface area contributed by atoms with Gasteiger partial charge in [-0.15, -0.1) is 0 Å². The molecule has 0 atom stereocenters. The molecule has 82 valence electrons. The van der Waals surface area contributed by atoms with Crippen LogP contribution in [0.1, 0.15) is 16.1 Å². The number of rotatable bonds is 2. The van der Waals surface area contributed by atoms with E-state index in [0.29, 0.717) is 17.0 Å². The van der Waals surface area contributed by atoms with Crippen LogP contribution in [0, 0.1) is 12.7 Å². The van der Waals surface area contributed by atoms with Crippen LogP contribution in [-0.2, 0) is 0 Å². The Morgan fingerprint density at radius 3 is 2.88 bits per heavy atom. The van der Waals surface area contributed by atoms with E-state index in [4.69, 9.17) is 5.73 Å². The number of carbonyl (C=O) groups excluding carboxylic acids is 1. The third kappa shape index (κ3) is 1.54. The van der Waals surface area contributed by atoms with Gasteiger partial charge in [0, 0.05) is 17.5 Å². The molecule has 0 saturated heterocycles. The van der Waals surface area contributed by atoms with Gasteiger partial charge in [0.05, 0.1) is 17.5 Å². The molecule has 0 fully saturated rings. The van der Waals surface area contributed by atoms with Gasteiger partial charge in [-0.1, -0.05) is 0 Å². The van der Waals surface area contributed by atoms with Crippen LogP contribution in [0.3, 0.4) is 0 Å². The van der Waals surface area contributed by atoms with Crippen molar-refractivity contribution in [1.82, 2.24) is 15.2 Å². The second-order valence-electron chi connectivity index (χ2n) is 3.28. The maximum Gasteiger partial charge on any atom is 0.252 e.